The lowest BCUT2D eigenvalue weighted by molar-refractivity contribution is -0.134. The number of aryl methyl sites for hydroxylation is 1. The number of carbonyl (C=O) groups is 1. The van der Waals surface area contributed by atoms with Gasteiger partial charge in [0.1, 0.15) is 0 Å². The number of nitrogens with zero attached hydrogens (tertiary/aromatic N) is 1. The zero-order chi connectivity index (χ0) is 18.5. The summed E-state index contributed by atoms with van der Waals surface area (Å²) in [7, 11) is 0. The van der Waals surface area contributed by atoms with E-state index in [1.54, 1.807) is 0 Å². The van der Waals surface area contributed by atoms with E-state index in [4.69, 9.17) is 4.74 Å². The smallest absolute Gasteiger partial charge is 0.222 e. The number of benzene rings is 2. The molecular weight excluding hydrogens is 336 g/mol. The Balaban J connectivity index is 1.23. The van der Waals surface area contributed by atoms with Crippen molar-refractivity contribution in [3.63, 3.8) is 0 Å². The first-order chi connectivity index (χ1) is 13.3. The number of rotatable bonds is 6. The highest BCUT2D eigenvalue weighted by Gasteiger charge is 2.23. The molecule has 0 saturated carbocycles. The fourth-order valence-corrected chi connectivity index (χ4v) is 3.80. The molecule has 4 rings (SSSR count). The van der Waals surface area contributed by atoms with E-state index < -0.39 is 0 Å². The number of para-hydroxylation sites is 1. The highest BCUT2D eigenvalue weighted by atomic mass is 16.5. The maximum Gasteiger partial charge on any atom is 0.222 e. The summed E-state index contributed by atoms with van der Waals surface area (Å²) in [6.07, 6.45) is 5.48. The number of fused-ring (bicyclic) bond motifs is 1. The summed E-state index contributed by atoms with van der Waals surface area (Å²) in [4.78, 5) is 17.9. The second-order valence-electron chi connectivity index (χ2n) is 7.24. The number of ether oxygens (including phenoxy) is 1. The molecule has 3 aromatic rings. The van der Waals surface area contributed by atoms with Crippen molar-refractivity contribution in [3.05, 3.63) is 71.9 Å². The molecule has 27 heavy (non-hydrogen) atoms. The van der Waals surface area contributed by atoms with Crippen molar-refractivity contribution in [1.29, 1.82) is 0 Å². The number of likely N-dealkylation sites (tertiary alicyclic amines) is 1. The van der Waals surface area contributed by atoms with E-state index in [0.29, 0.717) is 13.0 Å². The highest BCUT2D eigenvalue weighted by Crippen LogP contribution is 2.21. The lowest BCUT2D eigenvalue weighted by Gasteiger charge is -2.32. The van der Waals surface area contributed by atoms with Crippen LogP contribution in [0.2, 0.25) is 0 Å². The van der Waals surface area contributed by atoms with Gasteiger partial charge in [-0.05, 0) is 36.5 Å². The summed E-state index contributed by atoms with van der Waals surface area (Å²) in [5, 5.41) is 1.22. The molecule has 0 aliphatic carbocycles. The third-order valence-electron chi connectivity index (χ3n) is 5.41. The number of aromatic amines is 1. The molecule has 1 aliphatic rings. The van der Waals surface area contributed by atoms with Crippen molar-refractivity contribution in [2.45, 2.75) is 38.4 Å². The van der Waals surface area contributed by atoms with Gasteiger partial charge in [-0.25, -0.2) is 0 Å². The first kappa shape index (κ1) is 17.8. The average Bonchev–Trinajstić information content (AvgIpc) is 3.15. The van der Waals surface area contributed by atoms with Gasteiger partial charge in [0.05, 0.1) is 12.7 Å². The van der Waals surface area contributed by atoms with Crippen LogP contribution in [0.4, 0.5) is 0 Å². The number of hydrogen-bond donors (Lipinski definition) is 1. The summed E-state index contributed by atoms with van der Waals surface area (Å²) in [6, 6.07) is 18.5. The monoisotopic (exact) mass is 362 g/mol. The van der Waals surface area contributed by atoms with Gasteiger partial charge >= 0.3 is 0 Å². The fraction of sp³-hybridized carbons (Fsp3) is 0.348. The molecule has 1 aromatic heterocycles. The lowest BCUT2D eigenvalue weighted by Crippen LogP contribution is -2.40. The molecule has 0 spiro atoms. The molecule has 0 bridgehead atoms. The van der Waals surface area contributed by atoms with E-state index in [1.165, 1.54) is 16.5 Å². The predicted octanol–water partition coefficient (Wildman–Crippen LogP) is 4.31. The van der Waals surface area contributed by atoms with Gasteiger partial charge in [-0.3, -0.25) is 4.79 Å². The Kier molecular flexibility index (Phi) is 5.54. The van der Waals surface area contributed by atoms with Crippen LogP contribution in [-0.4, -0.2) is 35.0 Å². The quantitative estimate of drug-likeness (QED) is 0.710. The summed E-state index contributed by atoms with van der Waals surface area (Å²) in [6.45, 7) is 2.25. The first-order valence-electron chi connectivity index (χ1n) is 9.78. The Morgan fingerprint density at radius 3 is 2.59 bits per heavy atom. The molecule has 1 amide bonds. The Morgan fingerprint density at radius 2 is 1.78 bits per heavy atom. The molecule has 0 radical (unpaired) electrons. The van der Waals surface area contributed by atoms with Gasteiger partial charge in [-0.1, -0.05) is 48.5 Å². The molecule has 1 saturated heterocycles. The summed E-state index contributed by atoms with van der Waals surface area (Å²) in [5.74, 6) is 0.252. The summed E-state index contributed by atoms with van der Waals surface area (Å²) in [5.41, 5.74) is 3.56. The number of aromatic nitrogens is 1. The van der Waals surface area contributed by atoms with E-state index in [1.807, 2.05) is 41.4 Å². The average molecular weight is 362 g/mol. The van der Waals surface area contributed by atoms with Crippen LogP contribution in [0.3, 0.4) is 0 Å². The Bertz CT molecular complexity index is 880. The minimum Gasteiger partial charge on any atom is -0.373 e. The number of carbonyl (C=O) groups excluding carboxylic acids is 1. The van der Waals surface area contributed by atoms with Crippen molar-refractivity contribution in [2.75, 3.05) is 13.1 Å². The van der Waals surface area contributed by atoms with Crippen LogP contribution in [0.5, 0.6) is 0 Å². The second-order valence-corrected chi connectivity index (χ2v) is 7.24. The predicted molar refractivity (Wildman–Crippen MR) is 107 cm³/mol. The third kappa shape index (κ3) is 4.40. The van der Waals surface area contributed by atoms with Crippen LogP contribution in [0, 0.1) is 0 Å². The van der Waals surface area contributed by atoms with Gasteiger partial charge in [0.15, 0.2) is 0 Å². The standard InChI is InChI=1S/C23H26N2O2/c26-23(11-10-19-16-24-22-9-5-4-8-21(19)22)25-14-12-20(13-15-25)27-17-18-6-2-1-3-7-18/h1-9,16,20,24H,10-15,17H2. The number of H-pyrrole nitrogens is 1. The number of hydrogen-bond acceptors (Lipinski definition) is 2. The number of piperidine rings is 1. The van der Waals surface area contributed by atoms with Gasteiger partial charge in [0.2, 0.25) is 5.91 Å². The molecule has 140 valence electrons. The van der Waals surface area contributed by atoms with Gasteiger partial charge in [0, 0.05) is 36.6 Å². The van der Waals surface area contributed by atoms with Crippen molar-refractivity contribution in [3.8, 4) is 0 Å². The minimum atomic E-state index is 0.252. The molecule has 2 aromatic carbocycles. The van der Waals surface area contributed by atoms with Crippen LogP contribution in [0.1, 0.15) is 30.4 Å². The normalized spacial score (nSPS) is 15.3. The molecule has 1 fully saturated rings. The Hall–Kier alpha value is -2.59. The molecule has 4 heteroatoms. The molecular formula is C23H26N2O2. The molecule has 2 heterocycles. The Morgan fingerprint density at radius 1 is 1.04 bits per heavy atom. The largest absolute Gasteiger partial charge is 0.373 e. The fourth-order valence-electron chi connectivity index (χ4n) is 3.80. The molecule has 0 unspecified atom stereocenters. The van der Waals surface area contributed by atoms with Crippen LogP contribution in [0.25, 0.3) is 10.9 Å². The van der Waals surface area contributed by atoms with Crippen LogP contribution >= 0.6 is 0 Å². The number of amides is 1. The molecule has 1 aliphatic heterocycles. The maximum atomic E-state index is 12.6. The van der Waals surface area contributed by atoms with Crippen LogP contribution in [-0.2, 0) is 22.6 Å². The molecule has 0 atom stereocenters. The Labute approximate surface area is 160 Å². The molecule has 4 nitrogen and oxygen atoms in total. The van der Waals surface area contributed by atoms with E-state index in [9.17, 15) is 4.79 Å². The van der Waals surface area contributed by atoms with Gasteiger partial charge in [-0.2, -0.15) is 0 Å². The van der Waals surface area contributed by atoms with E-state index in [2.05, 4.69) is 29.2 Å². The molecule has 1 N–H and O–H groups in total. The van der Waals surface area contributed by atoms with Crippen LogP contribution < -0.4 is 0 Å². The van der Waals surface area contributed by atoms with Crippen molar-refractivity contribution < 1.29 is 9.53 Å². The first-order valence-corrected chi connectivity index (χ1v) is 9.78. The van der Waals surface area contributed by atoms with Gasteiger partial charge in [-0.15, -0.1) is 0 Å². The van der Waals surface area contributed by atoms with E-state index in [-0.39, 0.29) is 12.0 Å². The SMILES string of the molecule is O=C(CCc1c[nH]c2ccccc12)N1CCC(OCc2ccccc2)CC1. The third-order valence-corrected chi connectivity index (χ3v) is 5.41. The topological polar surface area (TPSA) is 45.3 Å². The van der Waals surface area contributed by atoms with Crippen molar-refractivity contribution >= 4 is 16.8 Å². The highest BCUT2D eigenvalue weighted by molar-refractivity contribution is 5.84. The van der Waals surface area contributed by atoms with Gasteiger partial charge in [0.25, 0.3) is 0 Å². The van der Waals surface area contributed by atoms with Gasteiger partial charge < -0.3 is 14.6 Å². The van der Waals surface area contributed by atoms with Crippen LogP contribution in [0.15, 0.2) is 60.8 Å². The zero-order valence-electron chi connectivity index (χ0n) is 15.6. The van der Waals surface area contributed by atoms with E-state index in [0.717, 1.165) is 37.9 Å². The van der Waals surface area contributed by atoms with E-state index >= 15 is 0 Å². The van der Waals surface area contributed by atoms with Crippen molar-refractivity contribution in [1.82, 2.24) is 9.88 Å². The second kappa shape index (κ2) is 8.40. The lowest BCUT2D eigenvalue weighted by atomic mass is 10.0. The summed E-state index contributed by atoms with van der Waals surface area (Å²) >= 11 is 0. The maximum absolute atomic E-state index is 12.6. The zero-order valence-corrected chi connectivity index (χ0v) is 15.6. The number of nitrogens with one attached hydrogen (secondary N) is 1. The van der Waals surface area contributed by atoms with Crippen molar-refractivity contribution in [2.24, 2.45) is 0 Å². The minimum absolute atomic E-state index is 0.252. The summed E-state index contributed by atoms with van der Waals surface area (Å²) < 4.78 is 6.02.